The predicted molar refractivity (Wildman–Crippen MR) is 117 cm³/mol. The van der Waals surface area contributed by atoms with Gasteiger partial charge in [0, 0.05) is 24.6 Å². The van der Waals surface area contributed by atoms with E-state index in [1.54, 1.807) is 36.4 Å². The van der Waals surface area contributed by atoms with Crippen LogP contribution >= 0.6 is 0 Å². The Kier molecular flexibility index (Phi) is 6.59. The van der Waals surface area contributed by atoms with Crippen molar-refractivity contribution in [1.29, 1.82) is 5.26 Å². The molecule has 1 aliphatic rings. The number of nitrogens with zero attached hydrogens (tertiary/aromatic N) is 3. The number of hydrogen-bond acceptors (Lipinski definition) is 8. The number of aromatic nitrogens is 1. The van der Waals surface area contributed by atoms with Crippen LogP contribution in [0.1, 0.15) is 35.8 Å². The minimum atomic E-state index is -0.408. The van der Waals surface area contributed by atoms with Crippen LogP contribution in [0.2, 0.25) is 0 Å². The zero-order chi connectivity index (χ0) is 23.2. The molecule has 10 heteroatoms. The van der Waals surface area contributed by atoms with E-state index < -0.39 is 5.91 Å². The molecule has 1 aromatic carbocycles. The minimum Gasteiger partial charge on any atom is -0.494 e. The summed E-state index contributed by atoms with van der Waals surface area (Å²) in [6.45, 7) is 3.44. The van der Waals surface area contributed by atoms with Crippen LogP contribution in [-0.4, -0.2) is 36.5 Å². The number of carbonyl (C=O) groups is 2. The van der Waals surface area contributed by atoms with E-state index >= 15 is 0 Å². The first-order chi connectivity index (χ1) is 16.1. The van der Waals surface area contributed by atoms with E-state index in [2.05, 4.69) is 15.8 Å². The van der Waals surface area contributed by atoms with Crippen LogP contribution < -0.4 is 20.5 Å². The molecule has 0 unspecified atom stereocenters. The standard InChI is InChI=1S/C23H23N5O5/c1-2-31-17-7-5-15(6-8-17)20(29)26-27-21(30)16-9-11-28(12-10-16)23-18(14-24)25-22(33-23)19-4-3-13-32-19/h3-8,13,16H,2,9-12H2,1H3,(H,26,29)(H,27,30). The van der Waals surface area contributed by atoms with Crippen molar-refractivity contribution in [3.63, 3.8) is 0 Å². The number of benzene rings is 1. The van der Waals surface area contributed by atoms with Crippen molar-refractivity contribution in [3.05, 3.63) is 53.9 Å². The van der Waals surface area contributed by atoms with E-state index in [1.165, 1.54) is 6.26 Å². The summed E-state index contributed by atoms with van der Waals surface area (Å²) in [6.07, 6.45) is 2.57. The first kappa shape index (κ1) is 22.0. The van der Waals surface area contributed by atoms with Crippen LogP contribution in [0.5, 0.6) is 5.75 Å². The minimum absolute atomic E-state index is 0.173. The first-order valence-corrected chi connectivity index (χ1v) is 10.6. The van der Waals surface area contributed by atoms with E-state index in [9.17, 15) is 14.9 Å². The van der Waals surface area contributed by atoms with Gasteiger partial charge >= 0.3 is 0 Å². The lowest BCUT2D eigenvalue weighted by molar-refractivity contribution is -0.126. The van der Waals surface area contributed by atoms with Gasteiger partial charge in [-0.1, -0.05) is 0 Å². The molecule has 3 aromatic rings. The maximum atomic E-state index is 12.5. The third-order valence-electron chi connectivity index (χ3n) is 5.33. The summed E-state index contributed by atoms with van der Waals surface area (Å²) in [5, 5.41) is 9.42. The number of furan rings is 1. The number of anilines is 1. The number of hydrogen-bond donors (Lipinski definition) is 2. The Bertz CT molecular complexity index is 1140. The summed E-state index contributed by atoms with van der Waals surface area (Å²) >= 11 is 0. The van der Waals surface area contributed by atoms with E-state index in [0.29, 0.717) is 55.5 Å². The predicted octanol–water partition coefficient (Wildman–Crippen LogP) is 2.88. The molecule has 170 valence electrons. The molecule has 0 aliphatic carbocycles. The number of amides is 2. The van der Waals surface area contributed by atoms with Crippen LogP contribution in [0.3, 0.4) is 0 Å². The molecule has 4 rings (SSSR count). The quantitative estimate of drug-likeness (QED) is 0.549. The molecule has 2 amide bonds. The van der Waals surface area contributed by atoms with Gasteiger partial charge in [0.15, 0.2) is 5.76 Å². The lowest BCUT2D eigenvalue weighted by Crippen LogP contribution is -2.47. The monoisotopic (exact) mass is 449 g/mol. The molecule has 10 nitrogen and oxygen atoms in total. The van der Waals surface area contributed by atoms with Crippen molar-refractivity contribution in [1.82, 2.24) is 15.8 Å². The van der Waals surface area contributed by atoms with Gasteiger partial charge in [0.2, 0.25) is 17.5 Å². The number of nitrogens with one attached hydrogen (secondary N) is 2. The van der Waals surface area contributed by atoms with Gasteiger partial charge in [0.1, 0.15) is 11.8 Å². The Balaban J connectivity index is 1.29. The first-order valence-electron chi connectivity index (χ1n) is 10.6. The molecule has 1 saturated heterocycles. The summed E-state index contributed by atoms with van der Waals surface area (Å²) < 4.78 is 16.4. The summed E-state index contributed by atoms with van der Waals surface area (Å²) in [7, 11) is 0. The fraction of sp³-hybridized carbons (Fsp3) is 0.304. The normalized spacial score (nSPS) is 13.9. The second-order valence-corrected chi connectivity index (χ2v) is 7.42. The zero-order valence-corrected chi connectivity index (χ0v) is 18.0. The molecule has 2 N–H and O–H groups in total. The van der Waals surface area contributed by atoms with E-state index in [0.717, 1.165) is 0 Å². The van der Waals surface area contributed by atoms with Crippen LogP contribution in [-0.2, 0) is 4.79 Å². The molecule has 0 atom stereocenters. The van der Waals surface area contributed by atoms with Crippen LogP contribution in [0.25, 0.3) is 11.7 Å². The van der Waals surface area contributed by atoms with Gasteiger partial charge in [-0.25, -0.2) is 0 Å². The van der Waals surface area contributed by atoms with Gasteiger partial charge in [-0.2, -0.15) is 10.2 Å². The smallest absolute Gasteiger partial charge is 0.269 e. The van der Waals surface area contributed by atoms with Crippen molar-refractivity contribution in [2.24, 2.45) is 5.92 Å². The van der Waals surface area contributed by atoms with Gasteiger partial charge in [-0.15, -0.1) is 0 Å². The molecule has 2 aromatic heterocycles. The molecular weight excluding hydrogens is 426 g/mol. The van der Waals surface area contributed by atoms with Gasteiger partial charge < -0.3 is 18.5 Å². The third kappa shape index (κ3) is 4.98. The lowest BCUT2D eigenvalue weighted by atomic mass is 9.96. The van der Waals surface area contributed by atoms with Crippen molar-refractivity contribution < 1.29 is 23.2 Å². The van der Waals surface area contributed by atoms with Crippen LogP contribution in [0.4, 0.5) is 5.88 Å². The number of ether oxygens (including phenoxy) is 1. The number of rotatable bonds is 6. The number of oxazole rings is 1. The topological polar surface area (TPSA) is 134 Å². The number of nitriles is 1. The summed E-state index contributed by atoms with van der Waals surface area (Å²) in [5.74, 6) is 0.774. The Morgan fingerprint density at radius 1 is 1.21 bits per heavy atom. The summed E-state index contributed by atoms with van der Waals surface area (Å²) in [5.41, 5.74) is 5.54. The van der Waals surface area contributed by atoms with Gasteiger partial charge in [0.25, 0.3) is 11.8 Å². The average Bonchev–Trinajstić information content (AvgIpc) is 3.53. The summed E-state index contributed by atoms with van der Waals surface area (Å²) in [4.78, 5) is 30.9. The van der Waals surface area contributed by atoms with E-state index in [4.69, 9.17) is 13.6 Å². The highest BCUT2D eigenvalue weighted by atomic mass is 16.5. The summed E-state index contributed by atoms with van der Waals surface area (Å²) in [6, 6.07) is 12.1. The van der Waals surface area contributed by atoms with Crippen LogP contribution in [0, 0.1) is 17.2 Å². The molecule has 33 heavy (non-hydrogen) atoms. The van der Waals surface area contributed by atoms with Gasteiger partial charge in [-0.3, -0.25) is 20.4 Å². The van der Waals surface area contributed by atoms with Crippen molar-refractivity contribution >= 4 is 17.7 Å². The van der Waals surface area contributed by atoms with Gasteiger partial charge in [0.05, 0.1) is 12.9 Å². The molecule has 0 radical (unpaired) electrons. The van der Waals surface area contributed by atoms with E-state index in [1.807, 2.05) is 17.9 Å². The van der Waals surface area contributed by atoms with Gasteiger partial charge in [-0.05, 0) is 56.2 Å². The highest BCUT2D eigenvalue weighted by Crippen LogP contribution is 2.31. The third-order valence-corrected chi connectivity index (χ3v) is 5.33. The molecule has 0 spiro atoms. The zero-order valence-electron chi connectivity index (χ0n) is 18.0. The maximum Gasteiger partial charge on any atom is 0.269 e. The molecule has 1 aliphatic heterocycles. The SMILES string of the molecule is CCOc1ccc(C(=O)NNC(=O)C2CCN(c3oc(-c4ccco4)nc3C#N)CC2)cc1. The van der Waals surface area contributed by atoms with Crippen LogP contribution in [0.15, 0.2) is 51.5 Å². The molecule has 1 fully saturated rings. The number of hydrazine groups is 1. The lowest BCUT2D eigenvalue weighted by Gasteiger charge is -2.30. The highest BCUT2D eigenvalue weighted by molar-refractivity contribution is 5.95. The van der Waals surface area contributed by atoms with Crippen molar-refractivity contribution in [3.8, 4) is 23.5 Å². The fourth-order valence-corrected chi connectivity index (χ4v) is 3.61. The largest absolute Gasteiger partial charge is 0.494 e. The second-order valence-electron chi connectivity index (χ2n) is 7.42. The average molecular weight is 449 g/mol. The maximum absolute atomic E-state index is 12.5. The van der Waals surface area contributed by atoms with E-state index in [-0.39, 0.29) is 23.4 Å². The molecule has 0 bridgehead atoms. The Labute approximate surface area is 190 Å². The van der Waals surface area contributed by atoms with Crippen molar-refractivity contribution in [2.45, 2.75) is 19.8 Å². The molecule has 3 heterocycles. The molecule has 0 saturated carbocycles. The second kappa shape index (κ2) is 9.91. The highest BCUT2D eigenvalue weighted by Gasteiger charge is 2.29. The Morgan fingerprint density at radius 3 is 2.61 bits per heavy atom. The molecular formula is C23H23N5O5. The number of carbonyl (C=O) groups excluding carboxylic acids is 2. The van der Waals surface area contributed by atoms with Crippen molar-refractivity contribution in [2.75, 3.05) is 24.6 Å². The Morgan fingerprint density at radius 2 is 1.97 bits per heavy atom. The fourth-order valence-electron chi connectivity index (χ4n) is 3.61. The number of piperidine rings is 1. The Hall–Kier alpha value is -4.26.